The van der Waals surface area contributed by atoms with Crippen molar-refractivity contribution in [3.63, 3.8) is 0 Å². The molecular weight excluding hydrogens is 397 g/mol. The predicted octanol–water partition coefficient (Wildman–Crippen LogP) is 4.27. The average Bonchev–Trinajstić information content (AvgIpc) is 2.63. The summed E-state index contributed by atoms with van der Waals surface area (Å²) in [5.41, 5.74) is 2.42. The van der Waals surface area contributed by atoms with Gasteiger partial charge in [-0.15, -0.1) is 0 Å². The molecule has 28 heavy (non-hydrogen) atoms. The van der Waals surface area contributed by atoms with E-state index in [0.29, 0.717) is 22.0 Å². The van der Waals surface area contributed by atoms with E-state index in [1.54, 1.807) is 36.9 Å². The van der Waals surface area contributed by atoms with Crippen LogP contribution in [0.3, 0.4) is 0 Å². The minimum Gasteiger partial charge on any atom is -0.394 e. The lowest BCUT2D eigenvalue weighted by atomic mass is 9.81. The molecule has 0 unspecified atom stereocenters. The first-order valence-electron chi connectivity index (χ1n) is 9.34. The monoisotopic (exact) mass is 421 g/mol. The zero-order valence-electron chi connectivity index (χ0n) is 16.2. The summed E-state index contributed by atoms with van der Waals surface area (Å²) >= 11 is 12.5. The largest absolute Gasteiger partial charge is 0.394 e. The SMILES string of the molecule is C[C@H]1c2cccc(C(C)(C)O)c2C[C@H](CO)N1C(=O)Cc1c(Cl)cccc1Cl. The van der Waals surface area contributed by atoms with Gasteiger partial charge in [-0.3, -0.25) is 4.79 Å². The van der Waals surface area contributed by atoms with Crippen molar-refractivity contribution < 1.29 is 15.0 Å². The van der Waals surface area contributed by atoms with E-state index in [0.717, 1.165) is 16.7 Å². The predicted molar refractivity (Wildman–Crippen MR) is 112 cm³/mol. The summed E-state index contributed by atoms with van der Waals surface area (Å²) in [7, 11) is 0. The molecule has 2 N–H and O–H groups in total. The molecule has 150 valence electrons. The molecule has 0 spiro atoms. The minimum atomic E-state index is -0.998. The van der Waals surface area contributed by atoms with Gasteiger partial charge >= 0.3 is 0 Å². The molecule has 6 heteroatoms. The fourth-order valence-electron chi connectivity index (χ4n) is 4.11. The lowest BCUT2D eigenvalue weighted by Gasteiger charge is -2.43. The van der Waals surface area contributed by atoms with Gasteiger partial charge in [-0.25, -0.2) is 0 Å². The first-order valence-corrected chi connectivity index (χ1v) is 10.1. The fraction of sp³-hybridized carbons (Fsp3) is 0.409. The Morgan fingerprint density at radius 2 is 1.79 bits per heavy atom. The maximum atomic E-state index is 13.2. The number of nitrogens with zero attached hydrogens (tertiary/aromatic N) is 1. The number of hydrogen-bond donors (Lipinski definition) is 2. The van der Waals surface area contributed by atoms with E-state index in [9.17, 15) is 15.0 Å². The smallest absolute Gasteiger partial charge is 0.227 e. The van der Waals surface area contributed by atoms with Gasteiger partial charge in [-0.05, 0) is 61.6 Å². The number of benzene rings is 2. The minimum absolute atomic E-state index is 0.0693. The third kappa shape index (κ3) is 3.92. The van der Waals surface area contributed by atoms with E-state index in [1.165, 1.54) is 0 Å². The van der Waals surface area contributed by atoms with Crippen molar-refractivity contribution in [2.75, 3.05) is 6.61 Å². The Morgan fingerprint density at radius 1 is 1.18 bits per heavy atom. The average molecular weight is 422 g/mol. The van der Waals surface area contributed by atoms with E-state index in [-0.39, 0.29) is 31.0 Å². The van der Waals surface area contributed by atoms with Crippen LogP contribution in [0, 0.1) is 0 Å². The molecule has 2 aromatic rings. The van der Waals surface area contributed by atoms with E-state index in [4.69, 9.17) is 23.2 Å². The normalized spacial score (nSPS) is 19.5. The van der Waals surface area contributed by atoms with Crippen LogP contribution in [0.2, 0.25) is 10.0 Å². The van der Waals surface area contributed by atoms with Crippen LogP contribution in [0.15, 0.2) is 36.4 Å². The molecular formula is C22H25Cl2NO3. The molecule has 0 saturated heterocycles. The van der Waals surface area contributed by atoms with E-state index < -0.39 is 5.60 Å². The van der Waals surface area contributed by atoms with Crippen molar-refractivity contribution in [1.29, 1.82) is 0 Å². The van der Waals surface area contributed by atoms with E-state index >= 15 is 0 Å². The number of aliphatic hydroxyl groups excluding tert-OH is 1. The number of carbonyl (C=O) groups is 1. The molecule has 0 saturated carbocycles. The van der Waals surface area contributed by atoms with E-state index in [2.05, 4.69) is 0 Å². The Hall–Kier alpha value is -1.59. The first-order chi connectivity index (χ1) is 13.1. The maximum absolute atomic E-state index is 13.2. The van der Waals surface area contributed by atoms with Crippen LogP contribution in [-0.4, -0.2) is 33.7 Å². The third-order valence-corrected chi connectivity index (χ3v) is 6.17. The number of rotatable bonds is 4. The molecule has 3 rings (SSSR count). The summed E-state index contributed by atoms with van der Waals surface area (Å²) < 4.78 is 0. The zero-order chi connectivity index (χ0) is 20.6. The number of carbonyl (C=O) groups excluding carboxylic acids is 1. The number of hydrogen-bond acceptors (Lipinski definition) is 3. The van der Waals surface area contributed by atoms with Gasteiger partial charge in [0.25, 0.3) is 0 Å². The van der Waals surface area contributed by atoms with Crippen LogP contribution in [-0.2, 0) is 23.2 Å². The van der Waals surface area contributed by atoms with Gasteiger partial charge in [-0.2, -0.15) is 0 Å². The van der Waals surface area contributed by atoms with Crippen LogP contribution in [0.1, 0.15) is 49.1 Å². The van der Waals surface area contributed by atoms with Crippen LogP contribution in [0.25, 0.3) is 0 Å². The Bertz CT molecular complexity index is 872. The van der Waals surface area contributed by atoms with Gasteiger partial charge < -0.3 is 15.1 Å². The van der Waals surface area contributed by atoms with Crippen LogP contribution in [0.4, 0.5) is 0 Å². The molecule has 1 heterocycles. The van der Waals surface area contributed by atoms with Crippen molar-refractivity contribution in [2.24, 2.45) is 0 Å². The highest BCUT2D eigenvalue weighted by molar-refractivity contribution is 6.36. The van der Waals surface area contributed by atoms with Gasteiger partial charge in [0.05, 0.1) is 30.7 Å². The molecule has 2 atom stereocenters. The second-order valence-electron chi connectivity index (χ2n) is 7.83. The molecule has 0 fully saturated rings. The standard InChI is InChI=1S/C22H25Cl2NO3/c1-13-15-6-4-7-18(22(2,3)28)16(15)10-14(12-26)25(13)21(27)11-17-19(23)8-5-9-20(17)24/h4-9,13-14,26,28H,10-12H2,1-3H3/t13-,14+/m0/s1. The highest BCUT2D eigenvalue weighted by Crippen LogP contribution is 2.38. The molecule has 4 nitrogen and oxygen atoms in total. The van der Waals surface area contributed by atoms with Crippen LogP contribution in [0.5, 0.6) is 0 Å². The Kier molecular flexibility index (Phi) is 6.06. The summed E-state index contributed by atoms with van der Waals surface area (Å²) in [6.07, 6.45) is 0.554. The van der Waals surface area contributed by atoms with Gasteiger partial charge in [0, 0.05) is 10.0 Å². The molecule has 2 aromatic carbocycles. The van der Waals surface area contributed by atoms with Crippen molar-refractivity contribution in [2.45, 2.75) is 51.3 Å². The fourth-order valence-corrected chi connectivity index (χ4v) is 4.64. The topological polar surface area (TPSA) is 60.8 Å². The van der Waals surface area contributed by atoms with Crippen LogP contribution < -0.4 is 0 Å². The number of aliphatic hydroxyl groups is 2. The molecule has 1 amide bonds. The zero-order valence-corrected chi connectivity index (χ0v) is 17.8. The summed E-state index contributed by atoms with van der Waals surface area (Å²) in [5, 5.41) is 21.5. The quantitative estimate of drug-likeness (QED) is 0.774. The molecule has 0 aromatic heterocycles. The lowest BCUT2D eigenvalue weighted by molar-refractivity contribution is -0.137. The Morgan fingerprint density at radius 3 is 2.36 bits per heavy atom. The summed E-state index contributed by atoms with van der Waals surface area (Å²) in [5.74, 6) is -0.138. The molecule has 1 aliphatic rings. The third-order valence-electron chi connectivity index (χ3n) is 5.46. The number of amides is 1. The van der Waals surface area contributed by atoms with E-state index in [1.807, 2.05) is 25.1 Å². The summed E-state index contributed by atoms with van der Waals surface area (Å²) in [6.45, 7) is 5.28. The summed E-state index contributed by atoms with van der Waals surface area (Å²) in [6, 6.07) is 10.3. The Labute approximate surface area is 175 Å². The first kappa shape index (κ1) is 21.1. The second-order valence-corrected chi connectivity index (χ2v) is 8.64. The highest BCUT2D eigenvalue weighted by atomic mass is 35.5. The van der Waals surface area contributed by atoms with Crippen molar-refractivity contribution in [3.05, 3.63) is 68.7 Å². The van der Waals surface area contributed by atoms with Gasteiger partial charge in [-0.1, -0.05) is 47.5 Å². The van der Waals surface area contributed by atoms with Crippen LogP contribution >= 0.6 is 23.2 Å². The van der Waals surface area contributed by atoms with Gasteiger partial charge in [0.2, 0.25) is 5.91 Å². The molecule has 0 radical (unpaired) electrons. The lowest BCUT2D eigenvalue weighted by Crippen LogP contribution is -2.49. The second kappa shape index (κ2) is 8.03. The molecule has 1 aliphatic heterocycles. The van der Waals surface area contributed by atoms with Crippen molar-refractivity contribution in [1.82, 2.24) is 4.90 Å². The van der Waals surface area contributed by atoms with Gasteiger partial charge in [0.1, 0.15) is 0 Å². The Balaban J connectivity index is 1.98. The number of halogens is 2. The van der Waals surface area contributed by atoms with Crippen molar-refractivity contribution >= 4 is 29.1 Å². The summed E-state index contributed by atoms with van der Waals surface area (Å²) in [4.78, 5) is 14.9. The number of fused-ring (bicyclic) bond motifs is 1. The highest BCUT2D eigenvalue weighted by Gasteiger charge is 2.37. The molecule has 0 aliphatic carbocycles. The molecule has 0 bridgehead atoms. The van der Waals surface area contributed by atoms with Crippen molar-refractivity contribution in [3.8, 4) is 0 Å². The maximum Gasteiger partial charge on any atom is 0.227 e. The van der Waals surface area contributed by atoms with Gasteiger partial charge in [0.15, 0.2) is 0 Å².